The molecule has 2 N–H and O–H groups in total. The van der Waals surface area contributed by atoms with Gasteiger partial charge in [-0.15, -0.1) is 0 Å². The molecule has 2 atom stereocenters. The number of aromatic nitrogens is 1. The summed E-state index contributed by atoms with van der Waals surface area (Å²) in [5.74, 6) is 0.449. The van der Waals surface area contributed by atoms with Crippen LogP contribution in [0.4, 0.5) is 0 Å². The van der Waals surface area contributed by atoms with Crippen LogP contribution >= 0.6 is 0 Å². The summed E-state index contributed by atoms with van der Waals surface area (Å²) in [6.07, 6.45) is 7.10. The molecule has 0 spiro atoms. The van der Waals surface area contributed by atoms with E-state index >= 15 is 0 Å². The quantitative estimate of drug-likeness (QED) is 0.835. The molecule has 4 nitrogen and oxygen atoms in total. The van der Waals surface area contributed by atoms with Crippen LogP contribution in [0.1, 0.15) is 49.4 Å². The van der Waals surface area contributed by atoms with Crippen LogP contribution in [0.5, 0.6) is 0 Å². The van der Waals surface area contributed by atoms with Gasteiger partial charge in [0.1, 0.15) is 6.04 Å². The fourth-order valence-corrected chi connectivity index (χ4v) is 4.40. The molecular weight excluding hydrogens is 288 g/mol. The first-order valence-corrected chi connectivity index (χ1v) is 8.71. The number of rotatable bonds is 2. The maximum atomic E-state index is 12.2. The van der Waals surface area contributed by atoms with Crippen molar-refractivity contribution in [2.24, 2.45) is 5.92 Å². The fraction of sp³-hybridized carbons (Fsp3) is 0.526. The number of aromatic amines is 1. The smallest absolute Gasteiger partial charge is 0.323 e. The standard InChI is InChI=1S/C19H24N2O2/c1-23-19(22)16-11-14-13-9-5-6-10-15(13)20-18(14)17(21-16)12-7-3-2-4-8-12/h5-6,9-10,12,16-17,20-21H,2-4,7-8,11H2,1H3/t16-,17-/m1/s1. The molecule has 1 fully saturated rings. The molecule has 0 unspecified atom stereocenters. The van der Waals surface area contributed by atoms with Crippen molar-refractivity contribution in [1.82, 2.24) is 10.3 Å². The molecule has 1 saturated carbocycles. The molecule has 2 heterocycles. The van der Waals surface area contributed by atoms with Gasteiger partial charge in [-0.05, 0) is 30.4 Å². The Morgan fingerprint density at radius 2 is 1.96 bits per heavy atom. The number of ether oxygens (including phenoxy) is 1. The Labute approximate surface area is 136 Å². The Morgan fingerprint density at radius 1 is 1.17 bits per heavy atom. The third kappa shape index (κ3) is 2.55. The first-order chi connectivity index (χ1) is 11.3. The minimum atomic E-state index is -0.237. The molecule has 1 aliphatic heterocycles. The van der Waals surface area contributed by atoms with Crippen LogP contribution < -0.4 is 5.32 Å². The second-order valence-electron chi connectivity index (χ2n) is 6.89. The number of benzene rings is 1. The number of hydrogen-bond donors (Lipinski definition) is 2. The average Bonchev–Trinajstić information content (AvgIpc) is 2.99. The molecule has 0 saturated heterocycles. The number of carbonyl (C=O) groups is 1. The number of hydrogen-bond acceptors (Lipinski definition) is 3. The molecule has 4 rings (SSSR count). The summed E-state index contributed by atoms with van der Waals surface area (Å²) in [6.45, 7) is 0. The number of para-hydroxylation sites is 1. The molecule has 1 aromatic heterocycles. The highest BCUT2D eigenvalue weighted by Gasteiger charge is 2.37. The van der Waals surface area contributed by atoms with E-state index in [-0.39, 0.29) is 18.1 Å². The molecular formula is C19H24N2O2. The third-order valence-electron chi connectivity index (χ3n) is 5.55. The second-order valence-corrected chi connectivity index (χ2v) is 6.89. The molecule has 23 heavy (non-hydrogen) atoms. The van der Waals surface area contributed by atoms with Crippen LogP contribution in [-0.4, -0.2) is 24.1 Å². The van der Waals surface area contributed by atoms with Gasteiger partial charge in [0.2, 0.25) is 0 Å². The Bertz CT molecular complexity index is 715. The van der Waals surface area contributed by atoms with Crippen LogP contribution in [0.2, 0.25) is 0 Å². The number of fused-ring (bicyclic) bond motifs is 3. The highest BCUT2D eigenvalue weighted by Crippen LogP contribution is 2.40. The van der Waals surface area contributed by atoms with Crippen molar-refractivity contribution in [1.29, 1.82) is 0 Å². The number of nitrogens with one attached hydrogen (secondary N) is 2. The lowest BCUT2D eigenvalue weighted by Crippen LogP contribution is -2.47. The van der Waals surface area contributed by atoms with Crippen LogP contribution in [-0.2, 0) is 16.0 Å². The van der Waals surface area contributed by atoms with Gasteiger partial charge in [0.25, 0.3) is 0 Å². The Morgan fingerprint density at radius 3 is 2.74 bits per heavy atom. The van der Waals surface area contributed by atoms with Gasteiger partial charge in [0.15, 0.2) is 0 Å². The van der Waals surface area contributed by atoms with E-state index < -0.39 is 0 Å². The zero-order chi connectivity index (χ0) is 15.8. The zero-order valence-electron chi connectivity index (χ0n) is 13.6. The van der Waals surface area contributed by atoms with Gasteiger partial charge < -0.3 is 9.72 Å². The van der Waals surface area contributed by atoms with Gasteiger partial charge in [-0.25, -0.2) is 0 Å². The zero-order valence-corrected chi connectivity index (χ0v) is 13.6. The highest BCUT2D eigenvalue weighted by atomic mass is 16.5. The largest absolute Gasteiger partial charge is 0.468 e. The number of methoxy groups -OCH3 is 1. The lowest BCUT2D eigenvalue weighted by Gasteiger charge is -2.36. The number of H-pyrrole nitrogens is 1. The van der Waals surface area contributed by atoms with Gasteiger partial charge in [-0.2, -0.15) is 0 Å². The van der Waals surface area contributed by atoms with E-state index in [4.69, 9.17) is 4.74 Å². The van der Waals surface area contributed by atoms with Crippen molar-refractivity contribution in [2.75, 3.05) is 7.11 Å². The third-order valence-corrected chi connectivity index (χ3v) is 5.55. The van der Waals surface area contributed by atoms with E-state index in [1.54, 1.807) is 0 Å². The molecule has 0 amide bonds. The van der Waals surface area contributed by atoms with Crippen LogP contribution in [0.15, 0.2) is 24.3 Å². The normalized spacial score (nSPS) is 25.3. The van der Waals surface area contributed by atoms with Crippen LogP contribution in [0, 0.1) is 5.92 Å². The topological polar surface area (TPSA) is 54.1 Å². The SMILES string of the molecule is COC(=O)[C@H]1Cc2c([nH]c3ccccc23)[C@@H](C2CCCCC2)N1. The van der Waals surface area contributed by atoms with Crippen molar-refractivity contribution in [3.05, 3.63) is 35.5 Å². The van der Waals surface area contributed by atoms with E-state index in [1.165, 1.54) is 61.4 Å². The maximum absolute atomic E-state index is 12.2. The molecule has 2 aromatic rings. The van der Waals surface area contributed by atoms with Crippen molar-refractivity contribution in [2.45, 2.75) is 50.6 Å². The van der Waals surface area contributed by atoms with Gasteiger partial charge >= 0.3 is 5.97 Å². The molecule has 0 bridgehead atoms. The predicted molar refractivity (Wildman–Crippen MR) is 90.3 cm³/mol. The number of carbonyl (C=O) groups excluding carboxylic acids is 1. The lowest BCUT2D eigenvalue weighted by atomic mass is 9.79. The van der Waals surface area contributed by atoms with E-state index in [0.29, 0.717) is 12.3 Å². The monoisotopic (exact) mass is 312 g/mol. The maximum Gasteiger partial charge on any atom is 0.323 e. The van der Waals surface area contributed by atoms with Crippen molar-refractivity contribution < 1.29 is 9.53 Å². The van der Waals surface area contributed by atoms with Crippen molar-refractivity contribution in [3.8, 4) is 0 Å². The molecule has 2 aliphatic rings. The molecule has 0 radical (unpaired) electrons. The molecule has 122 valence electrons. The number of esters is 1. The molecule has 1 aliphatic carbocycles. The van der Waals surface area contributed by atoms with Gasteiger partial charge in [-0.1, -0.05) is 37.5 Å². The predicted octanol–water partition coefficient (Wildman–Crippen LogP) is 3.48. The summed E-state index contributed by atoms with van der Waals surface area (Å²) in [4.78, 5) is 15.8. The van der Waals surface area contributed by atoms with Crippen LogP contribution in [0.25, 0.3) is 10.9 Å². The van der Waals surface area contributed by atoms with Crippen molar-refractivity contribution in [3.63, 3.8) is 0 Å². The summed E-state index contributed by atoms with van der Waals surface area (Å²) < 4.78 is 5.02. The summed E-state index contributed by atoms with van der Waals surface area (Å²) >= 11 is 0. The van der Waals surface area contributed by atoms with Crippen LogP contribution in [0.3, 0.4) is 0 Å². The second kappa shape index (κ2) is 6.00. The minimum absolute atomic E-state index is 0.151. The summed E-state index contributed by atoms with van der Waals surface area (Å²) in [6, 6.07) is 8.40. The summed E-state index contributed by atoms with van der Waals surface area (Å²) in [5, 5.41) is 4.83. The molecule has 1 aromatic carbocycles. The Kier molecular flexibility index (Phi) is 3.85. The summed E-state index contributed by atoms with van der Waals surface area (Å²) in [5.41, 5.74) is 3.76. The van der Waals surface area contributed by atoms with E-state index in [9.17, 15) is 4.79 Å². The Hall–Kier alpha value is -1.81. The first-order valence-electron chi connectivity index (χ1n) is 8.71. The minimum Gasteiger partial charge on any atom is -0.468 e. The lowest BCUT2D eigenvalue weighted by molar-refractivity contribution is -0.143. The van der Waals surface area contributed by atoms with Gasteiger partial charge in [0, 0.05) is 23.0 Å². The van der Waals surface area contributed by atoms with E-state index in [0.717, 1.165) is 0 Å². The highest BCUT2D eigenvalue weighted by molar-refractivity contribution is 5.87. The van der Waals surface area contributed by atoms with E-state index in [2.05, 4.69) is 34.6 Å². The fourth-order valence-electron chi connectivity index (χ4n) is 4.40. The van der Waals surface area contributed by atoms with Crippen molar-refractivity contribution >= 4 is 16.9 Å². The van der Waals surface area contributed by atoms with Gasteiger partial charge in [-0.3, -0.25) is 10.1 Å². The molecule has 4 heteroatoms. The average molecular weight is 312 g/mol. The van der Waals surface area contributed by atoms with Gasteiger partial charge in [0.05, 0.1) is 13.2 Å². The Balaban J connectivity index is 1.77. The first kappa shape index (κ1) is 14.8. The summed E-state index contributed by atoms with van der Waals surface area (Å²) in [7, 11) is 1.48. The van der Waals surface area contributed by atoms with E-state index in [1.807, 2.05) is 0 Å².